The number of carbonyl (C=O) groups excluding carboxylic acids is 1. The van der Waals surface area contributed by atoms with Crippen LogP contribution in [-0.4, -0.2) is 30.1 Å². The number of carbonyl (C=O) groups is 1. The van der Waals surface area contributed by atoms with Gasteiger partial charge in [-0.3, -0.25) is 4.79 Å². The van der Waals surface area contributed by atoms with Gasteiger partial charge >= 0.3 is 0 Å². The van der Waals surface area contributed by atoms with E-state index in [0.29, 0.717) is 5.52 Å². The van der Waals surface area contributed by atoms with Gasteiger partial charge in [0.1, 0.15) is 5.52 Å². The number of ether oxygens (including phenoxy) is 2. The van der Waals surface area contributed by atoms with Crippen molar-refractivity contribution in [2.45, 2.75) is 0 Å². The lowest BCUT2D eigenvalue weighted by atomic mass is 10.1. The van der Waals surface area contributed by atoms with Gasteiger partial charge in [0.15, 0.2) is 0 Å². The molecule has 0 aliphatic heterocycles. The second-order valence-corrected chi connectivity index (χ2v) is 4.31. The van der Waals surface area contributed by atoms with Crippen LogP contribution in [-0.2, 0) is 0 Å². The Hall–Kier alpha value is -1.79. The second-order valence-electron chi connectivity index (χ2n) is 3.52. The van der Waals surface area contributed by atoms with Crippen LogP contribution in [0.2, 0.25) is 10.0 Å². The molecule has 0 saturated heterocycles. The lowest BCUT2D eigenvalue weighted by Crippen LogP contribution is -2.13. The fourth-order valence-electron chi connectivity index (χ4n) is 1.60. The van der Waals surface area contributed by atoms with Gasteiger partial charge in [-0.1, -0.05) is 23.2 Å². The molecule has 0 atom stereocenters. The molecule has 2 rings (SSSR count). The number of aromatic nitrogens is 2. The highest BCUT2D eigenvalue weighted by atomic mass is 35.5. The lowest BCUT2D eigenvalue weighted by Gasteiger charge is -2.10. The molecule has 8 heteroatoms. The molecule has 1 heterocycles. The molecule has 1 aromatic carbocycles. The van der Waals surface area contributed by atoms with E-state index < -0.39 is 5.91 Å². The first kappa shape index (κ1) is 13.6. The normalized spacial score (nSPS) is 10.5. The average Bonchev–Trinajstić information content (AvgIpc) is 2.38. The van der Waals surface area contributed by atoms with Crippen molar-refractivity contribution in [3.05, 3.63) is 21.7 Å². The van der Waals surface area contributed by atoms with Gasteiger partial charge in [0.25, 0.3) is 17.7 Å². The molecule has 1 amide bonds. The van der Waals surface area contributed by atoms with E-state index in [0.717, 1.165) is 0 Å². The molecule has 0 spiro atoms. The van der Waals surface area contributed by atoms with E-state index in [9.17, 15) is 4.79 Å². The molecule has 19 heavy (non-hydrogen) atoms. The van der Waals surface area contributed by atoms with Crippen LogP contribution in [0.15, 0.2) is 6.07 Å². The summed E-state index contributed by atoms with van der Waals surface area (Å²) in [7, 11) is 2.82. The summed E-state index contributed by atoms with van der Waals surface area (Å²) in [5.74, 6) is -0.460. The zero-order valence-electron chi connectivity index (χ0n) is 10.0. The summed E-state index contributed by atoms with van der Waals surface area (Å²) < 4.78 is 10.0. The summed E-state index contributed by atoms with van der Waals surface area (Å²) in [6.45, 7) is 0. The maximum atomic E-state index is 11.5. The molecule has 100 valence electrons. The molecule has 0 unspecified atom stereocenters. The molecule has 6 nitrogen and oxygen atoms in total. The fraction of sp³-hybridized carbons (Fsp3) is 0.182. The first-order valence-corrected chi connectivity index (χ1v) is 5.82. The lowest BCUT2D eigenvalue weighted by molar-refractivity contribution is 0.100. The van der Waals surface area contributed by atoms with Crippen LogP contribution in [0.4, 0.5) is 0 Å². The van der Waals surface area contributed by atoms with Crippen molar-refractivity contribution in [1.29, 1.82) is 0 Å². The van der Waals surface area contributed by atoms with E-state index in [1.807, 2.05) is 0 Å². The van der Waals surface area contributed by atoms with Crippen LogP contribution < -0.4 is 15.2 Å². The van der Waals surface area contributed by atoms with Crippen molar-refractivity contribution in [3.8, 4) is 11.8 Å². The van der Waals surface area contributed by atoms with Gasteiger partial charge in [-0.15, -0.1) is 0 Å². The van der Waals surface area contributed by atoms with Gasteiger partial charge in [-0.25, -0.2) is 9.97 Å². The number of halogens is 2. The highest BCUT2D eigenvalue weighted by Gasteiger charge is 2.20. The quantitative estimate of drug-likeness (QED) is 0.937. The van der Waals surface area contributed by atoms with Gasteiger partial charge in [0, 0.05) is 0 Å². The number of primary amides is 1. The number of nitrogens with two attached hydrogens (primary N) is 1. The molecule has 0 bridgehead atoms. The molecular weight excluding hydrogens is 293 g/mol. The van der Waals surface area contributed by atoms with E-state index in [1.54, 1.807) is 0 Å². The number of hydrogen-bond donors (Lipinski definition) is 1. The molecular formula is C11H9Cl2N3O3. The molecule has 2 N–H and O–H groups in total. The van der Waals surface area contributed by atoms with Crippen LogP contribution in [0.1, 0.15) is 10.4 Å². The van der Waals surface area contributed by atoms with Gasteiger partial charge < -0.3 is 15.2 Å². The SMILES string of the molecule is COc1nc2cc(Cl)c(Cl)c(C(N)=O)c2nc1OC. The summed E-state index contributed by atoms with van der Waals surface area (Å²) >= 11 is 11.9. The predicted molar refractivity (Wildman–Crippen MR) is 71.2 cm³/mol. The van der Waals surface area contributed by atoms with Crippen LogP contribution in [0.5, 0.6) is 11.8 Å². The number of amides is 1. The minimum atomic E-state index is -0.751. The van der Waals surface area contributed by atoms with Crippen LogP contribution in [0, 0.1) is 0 Å². The molecule has 0 radical (unpaired) electrons. The number of rotatable bonds is 3. The van der Waals surface area contributed by atoms with Gasteiger partial charge in [-0.05, 0) is 6.07 Å². The number of nitrogens with zero attached hydrogens (tertiary/aromatic N) is 2. The Morgan fingerprint density at radius 2 is 1.79 bits per heavy atom. The largest absolute Gasteiger partial charge is 0.477 e. The van der Waals surface area contributed by atoms with Crippen molar-refractivity contribution >= 4 is 40.1 Å². The first-order valence-electron chi connectivity index (χ1n) is 5.07. The zero-order chi connectivity index (χ0) is 14.2. The monoisotopic (exact) mass is 301 g/mol. The Morgan fingerprint density at radius 1 is 1.21 bits per heavy atom. The maximum absolute atomic E-state index is 11.5. The van der Waals surface area contributed by atoms with Gasteiger partial charge in [0.05, 0.1) is 35.3 Å². The Bertz CT molecular complexity index is 676. The molecule has 0 aliphatic carbocycles. The van der Waals surface area contributed by atoms with E-state index in [-0.39, 0.29) is 32.9 Å². The van der Waals surface area contributed by atoms with Crippen molar-refractivity contribution < 1.29 is 14.3 Å². The third-order valence-corrected chi connectivity index (χ3v) is 3.21. The number of methoxy groups -OCH3 is 2. The summed E-state index contributed by atoms with van der Waals surface area (Å²) in [5.41, 5.74) is 5.83. The highest BCUT2D eigenvalue weighted by Crippen LogP contribution is 2.34. The summed E-state index contributed by atoms with van der Waals surface area (Å²) in [6.07, 6.45) is 0. The smallest absolute Gasteiger partial charge is 0.278 e. The van der Waals surface area contributed by atoms with Crippen molar-refractivity contribution in [3.63, 3.8) is 0 Å². The Labute approximate surface area is 118 Å². The molecule has 0 aliphatic rings. The van der Waals surface area contributed by atoms with Crippen molar-refractivity contribution in [2.75, 3.05) is 14.2 Å². The Morgan fingerprint density at radius 3 is 2.32 bits per heavy atom. The number of fused-ring (bicyclic) bond motifs is 1. The van der Waals surface area contributed by atoms with Crippen molar-refractivity contribution in [1.82, 2.24) is 9.97 Å². The molecule has 0 saturated carbocycles. The van der Waals surface area contributed by atoms with E-state index in [1.165, 1.54) is 20.3 Å². The van der Waals surface area contributed by atoms with E-state index >= 15 is 0 Å². The summed E-state index contributed by atoms with van der Waals surface area (Å²) in [4.78, 5) is 19.8. The summed E-state index contributed by atoms with van der Waals surface area (Å²) in [5, 5.41) is 0.188. The van der Waals surface area contributed by atoms with Crippen molar-refractivity contribution in [2.24, 2.45) is 5.73 Å². The van der Waals surface area contributed by atoms with E-state index in [2.05, 4.69) is 9.97 Å². The molecule has 1 aromatic heterocycles. The minimum absolute atomic E-state index is 0.00220. The predicted octanol–water partition coefficient (Wildman–Crippen LogP) is 2.05. The van der Waals surface area contributed by atoms with Crippen LogP contribution in [0.25, 0.3) is 11.0 Å². The topological polar surface area (TPSA) is 87.3 Å². The third-order valence-electron chi connectivity index (χ3n) is 2.42. The fourth-order valence-corrected chi connectivity index (χ4v) is 2.03. The maximum Gasteiger partial charge on any atom is 0.278 e. The number of hydrogen-bond acceptors (Lipinski definition) is 5. The van der Waals surface area contributed by atoms with Crippen LogP contribution >= 0.6 is 23.2 Å². The number of benzene rings is 1. The summed E-state index contributed by atoms with van der Waals surface area (Å²) in [6, 6.07) is 1.47. The zero-order valence-corrected chi connectivity index (χ0v) is 11.5. The highest BCUT2D eigenvalue weighted by molar-refractivity contribution is 6.45. The minimum Gasteiger partial charge on any atom is -0.477 e. The first-order chi connectivity index (χ1) is 8.99. The Kier molecular flexibility index (Phi) is 3.64. The third kappa shape index (κ3) is 2.24. The molecule has 2 aromatic rings. The standard InChI is InChI=1S/C11H9Cl2N3O3/c1-18-10-11(19-2)16-8-5(15-10)3-4(12)7(13)6(8)9(14)17/h3H,1-2H3,(H2,14,17). The van der Waals surface area contributed by atoms with Gasteiger partial charge in [0.2, 0.25) is 0 Å². The Balaban J connectivity index is 2.91. The average molecular weight is 302 g/mol. The van der Waals surface area contributed by atoms with Crippen LogP contribution in [0.3, 0.4) is 0 Å². The van der Waals surface area contributed by atoms with Gasteiger partial charge in [-0.2, -0.15) is 0 Å². The second kappa shape index (κ2) is 5.07. The van der Waals surface area contributed by atoms with E-state index in [4.69, 9.17) is 38.4 Å². The molecule has 0 fully saturated rings.